The first kappa shape index (κ1) is 10.4. The monoisotopic (exact) mass is 198 g/mol. The van der Waals surface area contributed by atoms with Gasteiger partial charge in [0.2, 0.25) is 0 Å². The molecule has 2 heterocycles. The van der Waals surface area contributed by atoms with Crippen molar-refractivity contribution in [1.29, 1.82) is 0 Å². The number of hydrogen-bond acceptors (Lipinski definition) is 3. The van der Waals surface area contributed by atoms with E-state index in [2.05, 4.69) is 31.0 Å². The summed E-state index contributed by atoms with van der Waals surface area (Å²) in [6.45, 7) is 11.0. The summed E-state index contributed by atoms with van der Waals surface area (Å²) < 4.78 is 5.57. The molecule has 0 aromatic rings. The third-order valence-electron chi connectivity index (χ3n) is 3.89. The maximum Gasteiger partial charge on any atom is 0.0637 e. The van der Waals surface area contributed by atoms with E-state index in [1.54, 1.807) is 0 Å². The number of nitrogens with one attached hydrogen (secondary N) is 1. The largest absolute Gasteiger partial charge is 0.378 e. The summed E-state index contributed by atoms with van der Waals surface area (Å²) in [4.78, 5) is 2.62. The van der Waals surface area contributed by atoms with E-state index < -0.39 is 0 Å². The van der Waals surface area contributed by atoms with Gasteiger partial charge in [-0.15, -0.1) is 0 Å². The fraction of sp³-hybridized carbons (Fsp3) is 1.00. The Morgan fingerprint density at radius 3 is 2.86 bits per heavy atom. The normalized spacial score (nSPS) is 45.6. The van der Waals surface area contributed by atoms with E-state index >= 15 is 0 Å². The highest BCUT2D eigenvalue weighted by Crippen LogP contribution is 2.22. The second-order valence-corrected chi connectivity index (χ2v) is 4.79. The topological polar surface area (TPSA) is 24.5 Å². The first-order valence-electron chi connectivity index (χ1n) is 5.77. The van der Waals surface area contributed by atoms with Crippen LogP contribution in [0.4, 0.5) is 0 Å². The van der Waals surface area contributed by atoms with Crippen LogP contribution in [0.3, 0.4) is 0 Å². The van der Waals surface area contributed by atoms with E-state index in [9.17, 15) is 0 Å². The van der Waals surface area contributed by atoms with Crippen LogP contribution in [-0.4, -0.2) is 49.3 Å². The van der Waals surface area contributed by atoms with E-state index in [1.807, 2.05) is 0 Å². The summed E-state index contributed by atoms with van der Waals surface area (Å²) in [5, 5.41) is 3.60. The number of rotatable bonds is 0. The Bertz CT molecular complexity index is 198. The Kier molecular flexibility index (Phi) is 3.10. The summed E-state index contributed by atoms with van der Waals surface area (Å²) in [5.41, 5.74) is 0. The minimum Gasteiger partial charge on any atom is -0.378 e. The van der Waals surface area contributed by atoms with Crippen molar-refractivity contribution in [2.24, 2.45) is 5.92 Å². The Morgan fingerprint density at radius 2 is 2.07 bits per heavy atom. The molecular formula is C11H22N2O. The molecule has 0 amide bonds. The molecule has 2 fully saturated rings. The standard InChI is InChI=1S/C11H22N2O/c1-8-6-12-9(2)11-7-14-5-4-13(11)10(8)3/h8-12H,4-7H2,1-3H3/t8-,9+,10-,11+/m1/s1. The Morgan fingerprint density at radius 1 is 1.29 bits per heavy atom. The number of hydrogen-bond donors (Lipinski definition) is 1. The summed E-state index contributed by atoms with van der Waals surface area (Å²) >= 11 is 0. The van der Waals surface area contributed by atoms with Gasteiger partial charge in [-0.2, -0.15) is 0 Å². The lowest BCUT2D eigenvalue weighted by Crippen LogP contribution is -2.55. The maximum absolute atomic E-state index is 5.57. The van der Waals surface area contributed by atoms with Crippen molar-refractivity contribution >= 4 is 0 Å². The molecule has 2 aliphatic heterocycles. The highest BCUT2D eigenvalue weighted by molar-refractivity contribution is 4.92. The number of ether oxygens (including phenoxy) is 1. The van der Waals surface area contributed by atoms with Crippen molar-refractivity contribution < 1.29 is 4.74 Å². The average Bonchev–Trinajstić information content (AvgIpc) is 2.33. The third kappa shape index (κ3) is 1.81. The van der Waals surface area contributed by atoms with Gasteiger partial charge < -0.3 is 10.1 Å². The van der Waals surface area contributed by atoms with Crippen molar-refractivity contribution in [2.75, 3.05) is 26.3 Å². The van der Waals surface area contributed by atoms with Crippen LogP contribution < -0.4 is 5.32 Å². The Hall–Kier alpha value is -0.120. The van der Waals surface area contributed by atoms with Crippen molar-refractivity contribution in [3.05, 3.63) is 0 Å². The first-order chi connectivity index (χ1) is 6.70. The van der Waals surface area contributed by atoms with Crippen LogP contribution in [0, 0.1) is 5.92 Å². The smallest absolute Gasteiger partial charge is 0.0637 e. The van der Waals surface area contributed by atoms with Crippen LogP contribution >= 0.6 is 0 Å². The van der Waals surface area contributed by atoms with Crippen LogP contribution in [0.5, 0.6) is 0 Å². The molecule has 2 saturated heterocycles. The van der Waals surface area contributed by atoms with Crippen molar-refractivity contribution in [2.45, 2.75) is 38.9 Å². The molecule has 2 rings (SSSR count). The fourth-order valence-electron chi connectivity index (χ4n) is 2.58. The van der Waals surface area contributed by atoms with Gasteiger partial charge >= 0.3 is 0 Å². The Balaban J connectivity index is 2.13. The zero-order valence-corrected chi connectivity index (χ0v) is 9.49. The maximum atomic E-state index is 5.57. The lowest BCUT2D eigenvalue weighted by atomic mass is 10.0. The quantitative estimate of drug-likeness (QED) is 0.620. The molecule has 0 spiro atoms. The van der Waals surface area contributed by atoms with Gasteiger partial charge in [-0.25, -0.2) is 0 Å². The lowest BCUT2D eigenvalue weighted by Gasteiger charge is -2.41. The number of morpholine rings is 1. The zero-order chi connectivity index (χ0) is 10.1. The molecule has 0 saturated carbocycles. The van der Waals surface area contributed by atoms with Gasteiger partial charge in [-0.1, -0.05) is 6.92 Å². The molecule has 0 aromatic carbocycles. The molecule has 2 aliphatic rings. The number of fused-ring (bicyclic) bond motifs is 1. The average molecular weight is 198 g/mol. The molecule has 0 unspecified atom stereocenters. The molecule has 3 heteroatoms. The van der Waals surface area contributed by atoms with Crippen LogP contribution in [0.25, 0.3) is 0 Å². The SMILES string of the molecule is C[C@@H]1CN[C@@H](C)[C@@H]2COCCN2[C@@H]1C. The first-order valence-corrected chi connectivity index (χ1v) is 5.77. The summed E-state index contributed by atoms with van der Waals surface area (Å²) in [6.07, 6.45) is 0. The van der Waals surface area contributed by atoms with Crippen LogP contribution in [0.1, 0.15) is 20.8 Å². The molecule has 0 bridgehead atoms. The molecule has 1 N–H and O–H groups in total. The molecule has 14 heavy (non-hydrogen) atoms. The predicted octanol–water partition coefficient (Wildman–Crippen LogP) is 0.703. The van der Waals surface area contributed by atoms with E-state index in [0.717, 1.165) is 32.2 Å². The second kappa shape index (κ2) is 4.17. The van der Waals surface area contributed by atoms with Gasteiger partial charge in [0.25, 0.3) is 0 Å². The van der Waals surface area contributed by atoms with Crippen LogP contribution in [0.15, 0.2) is 0 Å². The molecule has 82 valence electrons. The van der Waals surface area contributed by atoms with Crippen molar-refractivity contribution in [3.63, 3.8) is 0 Å². The highest BCUT2D eigenvalue weighted by atomic mass is 16.5. The van der Waals surface area contributed by atoms with Crippen LogP contribution in [0.2, 0.25) is 0 Å². The van der Waals surface area contributed by atoms with Gasteiger partial charge in [0, 0.05) is 24.7 Å². The van der Waals surface area contributed by atoms with E-state index in [1.165, 1.54) is 0 Å². The molecule has 4 atom stereocenters. The Labute approximate surface area is 86.8 Å². The minimum atomic E-state index is 0.558. The molecule has 0 radical (unpaired) electrons. The van der Waals surface area contributed by atoms with Crippen molar-refractivity contribution in [1.82, 2.24) is 10.2 Å². The third-order valence-corrected chi connectivity index (χ3v) is 3.89. The van der Waals surface area contributed by atoms with E-state index in [-0.39, 0.29) is 0 Å². The molecule has 0 aromatic heterocycles. The predicted molar refractivity (Wildman–Crippen MR) is 57.4 cm³/mol. The van der Waals surface area contributed by atoms with Crippen molar-refractivity contribution in [3.8, 4) is 0 Å². The molecule has 3 nitrogen and oxygen atoms in total. The summed E-state index contributed by atoms with van der Waals surface area (Å²) in [6, 6.07) is 1.81. The van der Waals surface area contributed by atoms with Gasteiger partial charge in [-0.05, 0) is 26.3 Å². The summed E-state index contributed by atoms with van der Waals surface area (Å²) in [5.74, 6) is 0.737. The zero-order valence-electron chi connectivity index (χ0n) is 9.49. The van der Waals surface area contributed by atoms with Crippen LogP contribution in [-0.2, 0) is 4.74 Å². The fourth-order valence-corrected chi connectivity index (χ4v) is 2.58. The van der Waals surface area contributed by atoms with Gasteiger partial charge in [0.1, 0.15) is 0 Å². The molecule has 0 aliphatic carbocycles. The van der Waals surface area contributed by atoms with Gasteiger partial charge in [-0.3, -0.25) is 4.90 Å². The lowest BCUT2D eigenvalue weighted by molar-refractivity contribution is -0.0351. The van der Waals surface area contributed by atoms with Gasteiger partial charge in [0.15, 0.2) is 0 Å². The van der Waals surface area contributed by atoms with E-state index in [0.29, 0.717) is 18.1 Å². The summed E-state index contributed by atoms with van der Waals surface area (Å²) in [7, 11) is 0. The number of nitrogens with zero attached hydrogens (tertiary/aromatic N) is 1. The highest BCUT2D eigenvalue weighted by Gasteiger charge is 2.35. The minimum absolute atomic E-state index is 0.558. The van der Waals surface area contributed by atoms with Gasteiger partial charge in [0.05, 0.1) is 13.2 Å². The second-order valence-electron chi connectivity index (χ2n) is 4.79. The van der Waals surface area contributed by atoms with E-state index in [4.69, 9.17) is 4.74 Å². The molecular weight excluding hydrogens is 176 g/mol.